The first-order valence-electron chi connectivity index (χ1n) is 4.50. The van der Waals surface area contributed by atoms with Crippen molar-refractivity contribution in [3.63, 3.8) is 0 Å². The lowest BCUT2D eigenvalue weighted by atomic mass is 10.3. The summed E-state index contributed by atoms with van der Waals surface area (Å²) in [6.45, 7) is 2.38. The fourth-order valence-corrected chi connectivity index (χ4v) is 2.13. The van der Waals surface area contributed by atoms with Gasteiger partial charge in [-0.1, -0.05) is 0 Å². The van der Waals surface area contributed by atoms with Crippen molar-refractivity contribution in [2.75, 3.05) is 6.54 Å². The number of hydrogen-bond donors (Lipinski definition) is 3. The van der Waals surface area contributed by atoms with Gasteiger partial charge in [-0.25, -0.2) is 4.79 Å². The van der Waals surface area contributed by atoms with Crippen LogP contribution in [0, 0.1) is 0 Å². The van der Waals surface area contributed by atoms with E-state index in [-0.39, 0.29) is 12.6 Å². The summed E-state index contributed by atoms with van der Waals surface area (Å²) >= 11 is 4.93. The minimum absolute atomic E-state index is 0.263. The summed E-state index contributed by atoms with van der Waals surface area (Å²) in [4.78, 5) is 11.2. The Bertz CT molecular complexity index is 328. The lowest BCUT2D eigenvalue weighted by Gasteiger charge is -2.07. The molecule has 0 radical (unpaired) electrons. The third kappa shape index (κ3) is 5.15. The second-order valence-electron chi connectivity index (χ2n) is 3.17. The van der Waals surface area contributed by atoms with Crippen LogP contribution in [0.3, 0.4) is 0 Å². The maximum atomic E-state index is 11.2. The van der Waals surface area contributed by atoms with Crippen molar-refractivity contribution >= 4 is 33.3 Å². The van der Waals surface area contributed by atoms with Gasteiger partial charge in [0.25, 0.3) is 0 Å². The van der Waals surface area contributed by atoms with E-state index in [0.29, 0.717) is 6.54 Å². The van der Waals surface area contributed by atoms with Gasteiger partial charge in [0.2, 0.25) is 0 Å². The van der Waals surface area contributed by atoms with Crippen LogP contribution in [0.1, 0.15) is 12.5 Å². The highest BCUT2D eigenvalue weighted by Gasteiger charge is 2.02. The summed E-state index contributed by atoms with van der Waals surface area (Å²) in [5.41, 5.74) is 1.05. The predicted octanol–water partition coefficient (Wildman–Crippen LogP) is 1.69. The van der Waals surface area contributed by atoms with Gasteiger partial charge in [-0.3, -0.25) is 0 Å². The number of aliphatic hydroxyl groups excluding tert-OH is 1. The fourth-order valence-electron chi connectivity index (χ4n) is 0.924. The molecule has 3 N–H and O–H groups in total. The molecule has 1 rings (SSSR count). The zero-order valence-corrected chi connectivity index (χ0v) is 10.7. The summed E-state index contributed by atoms with van der Waals surface area (Å²) in [5.74, 6) is 0. The highest BCUT2D eigenvalue weighted by atomic mass is 79.9. The molecule has 0 aromatic carbocycles. The number of carbonyl (C=O) groups is 1. The number of urea groups is 1. The minimum Gasteiger partial charge on any atom is -0.392 e. The molecule has 6 heteroatoms. The zero-order chi connectivity index (χ0) is 11.3. The average molecular weight is 293 g/mol. The maximum absolute atomic E-state index is 11.2. The molecule has 1 aromatic heterocycles. The summed E-state index contributed by atoms with van der Waals surface area (Å²) in [7, 11) is 0. The molecule has 0 fully saturated rings. The second-order valence-corrected chi connectivity index (χ2v) is 5.46. The summed E-state index contributed by atoms with van der Waals surface area (Å²) in [6.07, 6.45) is -0.522. The molecular weight excluding hydrogens is 280 g/mol. The number of thiophene rings is 1. The smallest absolute Gasteiger partial charge is 0.315 e. The van der Waals surface area contributed by atoms with Gasteiger partial charge in [0, 0.05) is 13.1 Å². The van der Waals surface area contributed by atoms with Crippen molar-refractivity contribution in [2.24, 2.45) is 0 Å². The molecule has 0 aliphatic heterocycles. The average Bonchev–Trinajstić information content (AvgIpc) is 2.58. The Balaban J connectivity index is 2.22. The van der Waals surface area contributed by atoms with Gasteiger partial charge in [0.05, 0.1) is 9.89 Å². The third-order valence-electron chi connectivity index (χ3n) is 1.63. The summed E-state index contributed by atoms with van der Waals surface area (Å²) < 4.78 is 1.05. The molecule has 0 spiro atoms. The van der Waals surface area contributed by atoms with Crippen LogP contribution >= 0.6 is 27.3 Å². The Labute approximate surface area is 101 Å². The number of rotatable bonds is 4. The highest BCUT2D eigenvalue weighted by molar-refractivity contribution is 9.11. The van der Waals surface area contributed by atoms with E-state index in [2.05, 4.69) is 26.6 Å². The molecule has 2 amide bonds. The normalized spacial score (nSPS) is 12.2. The number of amides is 2. The largest absolute Gasteiger partial charge is 0.392 e. The fraction of sp³-hybridized carbons (Fsp3) is 0.444. The van der Waals surface area contributed by atoms with E-state index in [9.17, 15) is 4.79 Å². The van der Waals surface area contributed by atoms with Gasteiger partial charge in [-0.05, 0) is 39.9 Å². The molecule has 15 heavy (non-hydrogen) atoms. The number of hydrogen-bond acceptors (Lipinski definition) is 3. The Kier molecular flexibility index (Phi) is 5.07. The van der Waals surface area contributed by atoms with Crippen LogP contribution in [-0.4, -0.2) is 23.8 Å². The molecule has 4 nitrogen and oxygen atoms in total. The first-order valence-corrected chi connectivity index (χ1v) is 6.18. The Morgan fingerprint density at radius 1 is 1.67 bits per heavy atom. The van der Waals surface area contributed by atoms with Crippen LogP contribution in [0.2, 0.25) is 0 Å². The lowest BCUT2D eigenvalue weighted by molar-refractivity contribution is 0.187. The molecule has 1 aromatic rings. The summed E-state index contributed by atoms with van der Waals surface area (Å²) in [5, 5.41) is 16.2. The Hall–Kier alpha value is -0.590. The minimum atomic E-state index is -0.522. The third-order valence-corrected chi connectivity index (χ3v) is 3.19. The van der Waals surface area contributed by atoms with E-state index in [1.54, 1.807) is 18.3 Å². The maximum Gasteiger partial charge on any atom is 0.315 e. The Morgan fingerprint density at radius 3 is 2.93 bits per heavy atom. The Morgan fingerprint density at radius 2 is 2.40 bits per heavy atom. The van der Waals surface area contributed by atoms with E-state index in [1.165, 1.54) is 0 Å². The van der Waals surface area contributed by atoms with Crippen LogP contribution in [0.15, 0.2) is 15.2 Å². The molecule has 0 bridgehead atoms. The molecule has 0 aliphatic carbocycles. The van der Waals surface area contributed by atoms with Crippen molar-refractivity contribution in [1.29, 1.82) is 0 Å². The number of carbonyl (C=O) groups excluding carboxylic acids is 1. The molecule has 1 heterocycles. The number of aliphatic hydroxyl groups is 1. The molecule has 84 valence electrons. The van der Waals surface area contributed by atoms with Crippen molar-refractivity contribution < 1.29 is 9.90 Å². The van der Waals surface area contributed by atoms with E-state index in [4.69, 9.17) is 5.11 Å². The molecule has 0 saturated heterocycles. The quantitative estimate of drug-likeness (QED) is 0.791. The van der Waals surface area contributed by atoms with Gasteiger partial charge in [-0.2, -0.15) is 0 Å². The van der Waals surface area contributed by atoms with Crippen molar-refractivity contribution in [2.45, 2.75) is 19.6 Å². The number of halogens is 1. The van der Waals surface area contributed by atoms with Crippen LogP contribution < -0.4 is 10.6 Å². The van der Waals surface area contributed by atoms with Gasteiger partial charge in [0.1, 0.15) is 0 Å². The van der Waals surface area contributed by atoms with E-state index >= 15 is 0 Å². The van der Waals surface area contributed by atoms with Crippen LogP contribution in [0.5, 0.6) is 0 Å². The zero-order valence-electron chi connectivity index (χ0n) is 8.29. The predicted molar refractivity (Wildman–Crippen MR) is 63.9 cm³/mol. The molecule has 1 unspecified atom stereocenters. The first-order chi connectivity index (χ1) is 7.08. The van der Waals surface area contributed by atoms with E-state index < -0.39 is 6.10 Å². The molecule has 0 aliphatic rings. The van der Waals surface area contributed by atoms with Gasteiger partial charge < -0.3 is 15.7 Å². The van der Waals surface area contributed by atoms with Gasteiger partial charge in [0.15, 0.2) is 0 Å². The van der Waals surface area contributed by atoms with Crippen LogP contribution in [-0.2, 0) is 6.54 Å². The van der Waals surface area contributed by atoms with Crippen molar-refractivity contribution in [1.82, 2.24) is 10.6 Å². The van der Waals surface area contributed by atoms with Gasteiger partial charge in [-0.15, -0.1) is 11.3 Å². The highest BCUT2D eigenvalue weighted by Crippen LogP contribution is 2.20. The topological polar surface area (TPSA) is 61.4 Å². The van der Waals surface area contributed by atoms with Crippen molar-refractivity contribution in [3.05, 3.63) is 20.8 Å². The van der Waals surface area contributed by atoms with Gasteiger partial charge >= 0.3 is 6.03 Å². The molecule has 0 saturated carbocycles. The number of nitrogens with one attached hydrogen (secondary N) is 2. The molecule has 1 atom stereocenters. The first kappa shape index (κ1) is 12.5. The second kappa shape index (κ2) is 6.09. The monoisotopic (exact) mass is 292 g/mol. The van der Waals surface area contributed by atoms with Crippen LogP contribution in [0.25, 0.3) is 0 Å². The van der Waals surface area contributed by atoms with E-state index in [0.717, 1.165) is 9.35 Å². The summed E-state index contributed by atoms with van der Waals surface area (Å²) in [6, 6.07) is 1.69. The van der Waals surface area contributed by atoms with Crippen LogP contribution in [0.4, 0.5) is 4.79 Å². The standard InChI is InChI=1S/C9H13BrN2O2S/c1-6(13)3-11-9(14)12-4-7-2-8(10)15-5-7/h2,5-6,13H,3-4H2,1H3,(H2,11,12,14). The van der Waals surface area contributed by atoms with Crippen molar-refractivity contribution in [3.8, 4) is 0 Å². The van der Waals surface area contributed by atoms with E-state index in [1.807, 2.05) is 11.4 Å². The molecular formula is C9H13BrN2O2S. The lowest BCUT2D eigenvalue weighted by Crippen LogP contribution is -2.38. The SMILES string of the molecule is CC(O)CNC(=O)NCc1csc(Br)c1.